The molecule has 6 nitrogen and oxygen atoms in total. The Morgan fingerprint density at radius 3 is 2.25 bits per heavy atom. The minimum Gasteiger partial charge on any atom is -0.444 e. The van der Waals surface area contributed by atoms with Crippen molar-refractivity contribution < 1.29 is 23.5 Å². The molecule has 0 saturated heterocycles. The molecule has 2 aromatic rings. The number of ether oxygens (including phenoxy) is 1. The fourth-order valence-electron chi connectivity index (χ4n) is 1.94. The maximum absolute atomic E-state index is 13.7. The predicted octanol–water partition coefficient (Wildman–Crippen LogP) is 2.18. The summed E-state index contributed by atoms with van der Waals surface area (Å²) < 4.78 is 18.8. The number of halogens is 1. The number of carbonyl (C=O) groups is 3. The molecule has 0 heterocycles. The van der Waals surface area contributed by atoms with Crippen molar-refractivity contribution in [3.63, 3.8) is 0 Å². The van der Waals surface area contributed by atoms with Gasteiger partial charge in [-0.3, -0.25) is 10.1 Å². The summed E-state index contributed by atoms with van der Waals surface area (Å²) in [6.07, 6.45) is -1.39. The molecule has 0 fully saturated rings. The highest BCUT2D eigenvalue weighted by Crippen LogP contribution is 2.20. The molecule has 0 saturated carbocycles. The summed E-state index contributed by atoms with van der Waals surface area (Å²) in [4.78, 5) is 35.7. The molecule has 0 radical (unpaired) electrons. The van der Waals surface area contributed by atoms with Crippen LogP contribution in [0.2, 0.25) is 0 Å². The second-order valence-corrected chi connectivity index (χ2v) is 4.74. The normalized spacial score (nSPS) is 11.2. The minimum absolute atomic E-state index is 0.300. The zero-order valence-corrected chi connectivity index (χ0v) is 12.8. The van der Waals surface area contributed by atoms with Crippen LogP contribution in [-0.4, -0.2) is 25.0 Å². The quantitative estimate of drug-likeness (QED) is 0.842. The maximum atomic E-state index is 13.7. The van der Waals surface area contributed by atoms with E-state index in [0.29, 0.717) is 5.56 Å². The van der Waals surface area contributed by atoms with Crippen LogP contribution in [0.3, 0.4) is 0 Å². The van der Waals surface area contributed by atoms with Crippen LogP contribution in [0.5, 0.6) is 0 Å². The smallest absolute Gasteiger partial charge is 0.342 e. The lowest BCUT2D eigenvalue weighted by molar-refractivity contribution is -0.129. The first-order valence-electron chi connectivity index (χ1n) is 7.06. The highest BCUT2D eigenvalue weighted by Gasteiger charge is 2.27. The summed E-state index contributed by atoms with van der Waals surface area (Å²) in [5.41, 5.74) is 0.0507. The van der Waals surface area contributed by atoms with E-state index in [1.807, 2.05) is 5.32 Å². The van der Waals surface area contributed by atoms with Crippen LogP contribution in [0.1, 0.15) is 22.0 Å². The lowest BCUT2D eigenvalue weighted by Gasteiger charge is -2.17. The van der Waals surface area contributed by atoms with Gasteiger partial charge in [-0.1, -0.05) is 42.5 Å². The Morgan fingerprint density at radius 2 is 1.62 bits per heavy atom. The van der Waals surface area contributed by atoms with Crippen molar-refractivity contribution in [3.8, 4) is 0 Å². The van der Waals surface area contributed by atoms with E-state index in [0.717, 1.165) is 6.07 Å². The summed E-state index contributed by atoms with van der Waals surface area (Å²) in [5, 5.41) is 4.26. The molecule has 2 N–H and O–H groups in total. The Hall–Kier alpha value is -3.22. The number of hydrogen-bond donors (Lipinski definition) is 2. The van der Waals surface area contributed by atoms with E-state index in [9.17, 15) is 18.8 Å². The number of nitrogens with one attached hydrogen (secondary N) is 2. The molecular weight excluding hydrogens is 315 g/mol. The third-order valence-electron chi connectivity index (χ3n) is 3.12. The molecule has 0 aliphatic heterocycles. The van der Waals surface area contributed by atoms with Crippen LogP contribution in [0, 0.1) is 5.82 Å². The zero-order chi connectivity index (χ0) is 17.5. The van der Waals surface area contributed by atoms with E-state index < -0.39 is 29.8 Å². The van der Waals surface area contributed by atoms with Gasteiger partial charge in [0.1, 0.15) is 5.82 Å². The molecule has 0 aliphatic carbocycles. The molecule has 2 rings (SSSR count). The molecular formula is C17H15FN2O4. The van der Waals surface area contributed by atoms with Crippen molar-refractivity contribution in [2.24, 2.45) is 0 Å². The van der Waals surface area contributed by atoms with Gasteiger partial charge >= 0.3 is 12.0 Å². The second kappa shape index (κ2) is 7.87. The molecule has 2 aromatic carbocycles. The van der Waals surface area contributed by atoms with Gasteiger partial charge in [0.15, 0.2) is 0 Å². The largest absolute Gasteiger partial charge is 0.444 e. The van der Waals surface area contributed by atoms with Crippen molar-refractivity contribution in [3.05, 3.63) is 71.5 Å². The number of imide groups is 1. The number of hydrogen-bond acceptors (Lipinski definition) is 4. The number of esters is 1. The lowest BCUT2D eigenvalue weighted by atomic mass is 10.1. The zero-order valence-electron chi connectivity index (χ0n) is 12.8. The first-order valence-corrected chi connectivity index (χ1v) is 7.06. The first kappa shape index (κ1) is 17.1. The maximum Gasteiger partial charge on any atom is 0.342 e. The van der Waals surface area contributed by atoms with Crippen LogP contribution in [0.15, 0.2) is 54.6 Å². The summed E-state index contributed by atoms with van der Waals surface area (Å²) >= 11 is 0. The lowest BCUT2D eigenvalue weighted by Crippen LogP contribution is -2.41. The van der Waals surface area contributed by atoms with Gasteiger partial charge in [0.05, 0.1) is 5.56 Å². The van der Waals surface area contributed by atoms with Crippen molar-refractivity contribution in [2.45, 2.75) is 6.10 Å². The van der Waals surface area contributed by atoms with Crippen LogP contribution < -0.4 is 10.6 Å². The summed E-state index contributed by atoms with van der Waals surface area (Å²) in [6, 6.07) is 12.6. The monoisotopic (exact) mass is 330 g/mol. The Balaban J connectivity index is 2.26. The summed E-state index contributed by atoms with van der Waals surface area (Å²) in [7, 11) is 1.34. The van der Waals surface area contributed by atoms with Crippen molar-refractivity contribution in [1.82, 2.24) is 10.6 Å². The fraction of sp³-hybridized carbons (Fsp3) is 0.118. The molecule has 0 aliphatic rings. The van der Waals surface area contributed by atoms with E-state index in [1.54, 1.807) is 30.3 Å². The van der Waals surface area contributed by atoms with Gasteiger partial charge in [-0.15, -0.1) is 0 Å². The third kappa shape index (κ3) is 4.16. The number of benzene rings is 2. The van der Waals surface area contributed by atoms with Gasteiger partial charge in [0.25, 0.3) is 5.91 Å². The SMILES string of the molecule is CNC(=O)NC(=O)[C@@H](OC(=O)c1ccccc1F)c1ccccc1. The van der Waals surface area contributed by atoms with Crippen LogP contribution >= 0.6 is 0 Å². The first-order chi connectivity index (χ1) is 11.5. The van der Waals surface area contributed by atoms with E-state index in [1.165, 1.54) is 25.2 Å². The van der Waals surface area contributed by atoms with Crippen molar-refractivity contribution in [2.75, 3.05) is 7.05 Å². The number of urea groups is 1. The van der Waals surface area contributed by atoms with E-state index in [4.69, 9.17) is 4.74 Å². The Kier molecular flexibility index (Phi) is 5.62. The minimum atomic E-state index is -1.39. The molecule has 0 unspecified atom stereocenters. The average Bonchev–Trinajstić information content (AvgIpc) is 2.60. The van der Waals surface area contributed by atoms with Gasteiger partial charge in [0, 0.05) is 12.6 Å². The van der Waals surface area contributed by atoms with Gasteiger partial charge in [-0.05, 0) is 12.1 Å². The highest BCUT2D eigenvalue weighted by molar-refractivity contribution is 5.99. The van der Waals surface area contributed by atoms with Gasteiger partial charge in [0.2, 0.25) is 6.10 Å². The predicted molar refractivity (Wildman–Crippen MR) is 83.6 cm³/mol. The topological polar surface area (TPSA) is 84.5 Å². The van der Waals surface area contributed by atoms with Gasteiger partial charge < -0.3 is 10.1 Å². The van der Waals surface area contributed by atoms with Crippen LogP contribution in [0.25, 0.3) is 0 Å². The fourth-order valence-corrected chi connectivity index (χ4v) is 1.94. The standard InChI is InChI=1S/C17H15FN2O4/c1-19-17(23)20-15(21)14(11-7-3-2-4-8-11)24-16(22)12-9-5-6-10-13(12)18/h2-10,14H,1H3,(H2,19,20,21,23)/t14-/m0/s1. The molecule has 0 bridgehead atoms. The number of carbonyl (C=O) groups excluding carboxylic acids is 3. The van der Waals surface area contributed by atoms with Crippen LogP contribution in [-0.2, 0) is 9.53 Å². The summed E-state index contributed by atoms with van der Waals surface area (Å²) in [6.45, 7) is 0. The molecule has 7 heteroatoms. The molecule has 24 heavy (non-hydrogen) atoms. The number of amides is 3. The third-order valence-corrected chi connectivity index (χ3v) is 3.12. The van der Waals surface area contributed by atoms with E-state index in [2.05, 4.69) is 5.32 Å². The summed E-state index contributed by atoms with van der Waals surface area (Å²) in [5.74, 6) is -2.61. The second-order valence-electron chi connectivity index (χ2n) is 4.74. The van der Waals surface area contributed by atoms with E-state index in [-0.39, 0.29) is 5.56 Å². The highest BCUT2D eigenvalue weighted by atomic mass is 19.1. The Morgan fingerprint density at radius 1 is 1.00 bits per heavy atom. The van der Waals surface area contributed by atoms with Crippen molar-refractivity contribution >= 4 is 17.9 Å². The molecule has 0 aromatic heterocycles. The van der Waals surface area contributed by atoms with E-state index >= 15 is 0 Å². The Labute approximate surface area is 137 Å². The molecule has 3 amide bonds. The van der Waals surface area contributed by atoms with Crippen LogP contribution in [0.4, 0.5) is 9.18 Å². The van der Waals surface area contributed by atoms with Crippen molar-refractivity contribution in [1.29, 1.82) is 0 Å². The van der Waals surface area contributed by atoms with Gasteiger partial charge in [-0.2, -0.15) is 0 Å². The van der Waals surface area contributed by atoms with Gasteiger partial charge in [-0.25, -0.2) is 14.0 Å². The Bertz CT molecular complexity index is 749. The molecule has 0 spiro atoms. The average molecular weight is 330 g/mol. The molecule has 1 atom stereocenters. The number of rotatable bonds is 4. The molecule has 124 valence electrons.